The average Bonchev–Trinajstić information content (AvgIpc) is 2.67. The number of methoxy groups -OCH3 is 1. The molecule has 0 fully saturated rings. The molecule has 0 saturated heterocycles. The predicted molar refractivity (Wildman–Crippen MR) is 101 cm³/mol. The number of benzene rings is 3. The Morgan fingerprint density at radius 2 is 1.42 bits per heavy atom. The summed E-state index contributed by atoms with van der Waals surface area (Å²) in [5.41, 5.74) is 3.79. The minimum Gasteiger partial charge on any atom is -0.496 e. The van der Waals surface area contributed by atoms with Gasteiger partial charge in [-0.1, -0.05) is 82.7 Å². The van der Waals surface area contributed by atoms with Crippen LogP contribution in [0.2, 0.25) is 0 Å². The third-order valence-electron chi connectivity index (χ3n) is 3.91. The van der Waals surface area contributed by atoms with E-state index < -0.39 is 4.83 Å². The van der Waals surface area contributed by atoms with Crippen molar-refractivity contribution >= 4 is 21.7 Å². The highest BCUT2D eigenvalue weighted by atomic mass is 79.9. The van der Waals surface area contributed by atoms with Gasteiger partial charge in [-0.3, -0.25) is 4.79 Å². The topological polar surface area (TPSA) is 26.3 Å². The fraction of sp³-hybridized carbons (Fsp3) is 0.0952. The number of carbonyl (C=O) groups excluding carboxylic acids is 1. The number of ketones is 1. The highest BCUT2D eigenvalue weighted by molar-refractivity contribution is 9.09. The molecule has 3 aromatic rings. The van der Waals surface area contributed by atoms with E-state index in [-0.39, 0.29) is 5.78 Å². The van der Waals surface area contributed by atoms with Gasteiger partial charge in [0.1, 0.15) is 10.6 Å². The second-order valence-corrected chi connectivity index (χ2v) is 6.33. The molecule has 0 aliphatic heterocycles. The van der Waals surface area contributed by atoms with Crippen molar-refractivity contribution in [2.75, 3.05) is 7.11 Å². The lowest BCUT2D eigenvalue weighted by Crippen LogP contribution is -2.08. The predicted octanol–water partition coefficient (Wildman–Crippen LogP) is 5.68. The van der Waals surface area contributed by atoms with Crippen molar-refractivity contribution in [1.29, 1.82) is 0 Å². The molecule has 3 heteroatoms. The monoisotopic (exact) mass is 380 g/mol. The second-order valence-electron chi connectivity index (χ2n) is 5.42. The van der Waals surface area contributed by atoms with Crippen molar-refractivity contribution in [1.82, 2.24) is 0 Å². The summed E-state index contributed by atoms with van der Waals surface area (Å²) in [6.07, 6.45) is 0. The summed E-state index contributed by atoms with van der Waals surface area (Å²) in [6, 6.07) is 25.5. The lowest BCUT2D eigenvalue weighted by atomic mass is 9.99. The van der Waals surface area contributed by atoms with Gasteiger partial charge in [-0.05, 0) is 28.8 Å². The van der Waals surface area contributed by atoms with Crippen molar-refractivity contribution in [3.63, 3.8) is 0 Å². The average molecular weight is 381 g/mol. The van der Waals surface area contributed by atoms with Crippen LogP contribution in [0.4, 0.5) is 0 Å². The number of ether oxygens (including phenoxy) is 1. The third kappa shape index (κ3) is 3.41. The fourth-order valence-corrected chi connectivity index (χ4v) is 3.16. The first-order valence-electron chi connectivity index (χ1n) is 7.67. The molecule has 24 heavy (non-hydrogen) atoms. The molecular weight excluding hydrogens is 364 g/mol. The van der Waals surface area contributed by atoms with E-state index in [9.17, 15) is 4.79 Å². The van der Waals surface area contributed by atoms with E-state index in [0.29, 0.717) is 11.3 Å². The zero-order chi connectivity index (χ0) is 16.9. The molecule has 0 heterocycles. The molecule has 2 nitrogen and oxygen atoms in total. The van der Waals surface area contributed by atoms with E-state index in [4.69, 9.17) is 4.74 Å². The van der Waals surface area contributed by atoms with E-state index in [1.165, 1.54) is 0 Å². The molecule has 1 atom stereocenters. The minimum absolute atomic E-state index is 0.0140. The Labute approximate surface area is 150 Å². The second kappa shape index (κ2) is 7.45. The van der Waals surface area contributed by atoms with Gasteiger partial charge in [-0.25, -0.2) is 0 Å². The van der Waals surface area contributed by atoms with Crippen LogP contribution < -0.4 is 4.74 Å². The molecule has 120 valence electrons. The Balaban J connectivity index is 1.85. The zero-order valence-electron chi connectivity index (χ0n) is 13.3. The standard InChI is InChI=1S/C21H17BrO2/c1-24-19-10-6-5-9-18(19)21(23)20(22)17-13-11-16(12-14-17)15-7-3-2-4-8-15/h2-14,20H,1H3. The van der Waals surface area contributed by atoms with Gasteiger partial charge in [0.2, 0.25) is 0 Å². The van der Waals surface area contributed by atoms with Gasteiger partial charge in [0.15, 0.2) is 5.78 Å². The maximum absolute atomic E-state index is 12.8. The first kappa shape index (κ1) is 16.5. The highest BCUT2D eigenvalue weighted by Crippen LogP contribution is 2.32. The summed E-state index contributed by atoms with van der Waals surface area (Å²) in [6.45, 7) is 0. The Kier molecular flexibility index (Phi) is 5.11. The van der Waals surface area contributed by atoms with Crippen LogP contribution in [-0.4, -0.2) is 12.9 Å². The van der Waals surface area contributed by atoms with Crippen LogP contribution in [0.25, 0.3) is 11.1 Å². The molecule has 0 aromatic heterocycles. The summed E-state index contributed by atoms with van der Waals surface area (Å²) in [5, 5.41) is 0. The number of alkyl halides is 1. The summed E-state index contributed by atoms with van der Waals surface area (Å²) in [7, 11) is 1.57. The van der Waals surface area contributed by atoms with Crippen LogP contribution in [0.1, 0.15) is 20.7 Å². The number of rotatable bonds is 5. The Hall–Kier alpha value is -2.39. The molecule has 0 N–H and O–H groups in total. The van der Waals surface area contributed by atoms with Gasteiger partial charge in [0, 0.05) is 0 Å². The normalized spacial score (nSPS) is 11.8. The lowest BCUT2D eigenvalue weighted by Gasteiger charge is -2.13. The molecule has 0 spiro atoms. The third-order valence-corrected chi connectivity index (χ3v) is 4.86. The first-order valence-corrected chi connectivity index (χ1v) is 8.59. The molecule has 0 amide bonds. The number of Topliss-reactive ketones (excluding diaryl/α,β-unsaturated/α-hetero) is 1. The van der Waals surface area contributed by atoms with Crippen LogP contribution in [0.3, 0.4) is 0 Å². The summed E-state index contributed by atoms with van der Waals surface area (Å²) in [4.78, 5) is 12.3. The van der Waals surface area contributed by atoms with E-state index >= 15 is 0 Å². The largest absolute Gasteiger partial charge is 0.496 e. The maximum Gasteiger partial charge on any atom is 0.184 e. The van der Waals surface area contributed by atoms with E-state index in [1.807, 2.05) is 54.6 Å². The number of hydrogen-bond acceptors (Lipinski definition) is 2. The Morgan fingerprint density at radius 3 is 2.08 bits per heavy atom. The fourth-order valence-electron chi connectivity index (χ4n) is 2.61. The molecule has 0 bridgehead atoms. The van der Waals surface area contributed by atoms with E-state index in [2.05, 4.69) is 28.1 Å². The molecule has 3 rings (SSSR count). The van der Waals surface area contributed by atoms with Gasteiger partial charge < -0.3 is 4.74 Å². The summed E-state index contributed by atoms with van der Waals surface area (Å²) >= 11 is 3.53. The van der Waals surface area contributed by atoms with Crippen LogP contribution in [0.15, 0.2) is 78.9 Å². The van der Waals surface area contributed by atoms with Gasteiger partial charge in [0.05, 0.1) is 12.7 Å². The van der Waals surface area contributed by atoms with Crippen LogP contribution >= 0.6 is 15.9 Å². The lowest BCUT2D eigenvalue weighted by molar-refractivity contribution is 0.0988. The SMILES string of the molecule is COc1ccccc1C(=O)C(Br)c1ccc(-c2ccccc2)cc1. The van der Waals surface area contributed by atoms with Gasteiger partial charge in [0.25, 0.3) is 0 Å². The smallest absolute Gasteiger partial charge is 0.184 e. The Morgan fingerprint density at radius 1 is 0.833 bits per heavy atom. The van der Waals surface area contributed by atoms with E-state index in [0.717, 1.165) is 16.7 Å². The summed E-state index contributed by atoms with van der Waals surface area (Å²) in [5.74, 6) is 0.577. The zero-order valence-corrected chi connectivity index (χ0v) is 14.9. The van der Waals surface area contributed by atoms with Crippen LogP contribution in [-0.2, 0) is 0 Å². The van der Waals surface area contributed by atoms with E-state index in [1.54, 1.807) is 19.2 Å². The highest BCUT2D eigenvalue weighted by Gasteiger charge is 2.21. The molecule has 3 aromatic carbocycles. The molecule has 1 unspecified atom stereocenters. The summed E-state index contributed by atoms with van der Waals surface area (Å²) < 4.78 is 5.29. The molecular formula is C21H17BrO2. The van der Waals surface area contributed by atoms with Crippen molar-refractivity contribution < 1.29 is 9.53 Å². The van der Waals surface area contributed by atoms with Crippen LogP contribution in [0, 0.1) is 0 Å². The van der Waals surface area contributed by atoms with Crippen molar-refractivity contribution in [2.45, 2.75) is 4.83 Å². The number of para-hydroxylation sites is 1. The molecule has 0 radical (unpaired) electrons. The number of halogens is 1. The van der Waals surface area contributed by atoms with Crippen molar-refractivity contribution in [2.24, 2.45) is 0 Å². The first-order chi connectivity index (χ1) is 11.7. The van der Waals surface area contributed by atoms with Gasteiger partial charge in [-0.2, -0.15) is 0 Å². The van der Waals surface area contributed by atoms with Crippen LogP contribution in [0.5, 0.6) is 5.75 Å². The Bertz CT molecular complexity index is 826. The molecule has 0 saturated carbocycles. The molecule has 0 aliphatic rings. The minimum atomic E-state index is -0.404. The maximum atomic E-state index is 12.8. The van der Waals surface area contributed by atoms with Crippen molar-refractivity contribution in [3.8, 4) is 16.9 Å². The van der Waals surface area contributed by atoms with Crippen molar-refractivity contribution in [3.05, 3.63) is 90.0 Å². The van der Waals surface area contributed by atoms with Gasteiger partial charge >= 0.3 is 0 Å². The van der Waals surface area contributed by atoms with Gasteiger partial charge in [-0.15, -0.1) is 0 Å². The quantitative estimate of drug-likeness (QED) is 0.420. The molecule has 0 aliphatic carbocycles. The number of hydrogen-bond donors (Lipinski definition) is 0. The number of carbonyl (C=O) groups is 1.